The molecule has 3 aromatic carbocycles. The van der Waals surface area contributed by atoms with Gasteiger partial charge in [0, 0.05) is 11.1 Å². The Bertz CT molecular complexity index is 1120. The average Bonchev–Trinajstić information content (AvgIpc) is 2.73. The van der Waals surface area contributed by atoms with Crippen LogP contribution >= 0.6 is 0 Å². The molecule has 0 N–H and O–H groups in total. The van der Waals surface area contributed by atoms with Crippen LogP contribution in [0.5, 0.6) is 0 Å². The fourth-order valence-corrected chi connectivity index (χ4v) is 3.06. The van der Waals surface area contributed by atoms with Crippen LogP contribution < -0.4 is 0 Å². The van der Waals surface area contributed by atoms with Gasteiger partial charge in [0.05, 0.1) is 34.1 Å². The topological polar surface area (TPSA) is 52.1 Å². The summed E-state index contributed by atoms with van der Waals surface area (Å²) in [4.78, 5) is 22.0. The highest BCUT2D eigenvalue weighted by molar-refractivity contribution is 5.95. The molecule has 138 valence electrons. The number of carbonyl (C=O) groups excluding carboxylic acids is 1. The van der Waals surface area contributed by atoms with Gasteiger partial charge in [-0.25, -0.2) is 14.8 Å². The van der Waals surface area contributed by atoms with Crippen molar-refractivity contribution in [1.29, 1.82) is 0 Å². The van der Waals surface area contributed by atoms with E-state index in [-0.39, 0.29) is 12.1 Å². The Labute approximate surface area is 163 Å². The Hall–Kier alpha value is -3.53. The average molecular weight is 368 g/mol. The van der Waals surface area contributed by atoms with E-state index in [9.17, 15) is 4.79 Å². The second-order valence-corrected chi connectivity index (χ2v) is 6.81. The van der Waals surface area contributed by atoms with Gasteiger partial charge in [-0.3, -0.25) is 0 Å². The second-order valence-electron chi connectivity index (χ2n) is 6.81. The van der Waals surface area contributed by atoms with Gasteiger partial charge in [-0.1, -0.05) is 60.7 Å². The molecule has 4 heteroatoms. The van der Waals surface area contributed by atoms with Gasteiger partial charge in [0.15, 0.2) is 0 Å². The number of nitrogens with zero attached hydrogens (tertiary/aromatic N) is 2. The normalized spacial score (nSPS) is 11.0. The van der Waals surface area contributed by atoms with Gasteiger partial charge < -0.3 is 4.74 Å². The first kappa shape index (κ1) is 17.9. The third kappa shape index (κ3) is 3.62. The van der Waals surface area contributed by atoms with Crippen molar-refractivity contribution in [3.8, 4) is 22.5 Å². The number of benzene rings is 3. The quantitative estimate of drug-likeness (QED) is 0.445. The highest BCUT2D eigenvalue weighted by Gasteiger charge is 2.15. The summed E-state index contributed by atoms with van der Waals surface area (Å²) in [5, 5.41) is 0. The Morgan fingerprint density at radius 3 is 1.82 bits per heavy atom. The predicted octanol–water partition coefficient (Wildman–Crippen LogP) is 5.53. The Kier molecular flexibility index (Phi) is 4.85. The summed E-state index contributed by atoms with van der Waals surface area (Å²) in [5.74, 6) is -0.355. The minimum atomic E-state index is -0.355. The van der Waals surface area contributed by atoms with Crippen LogP contribution in [0.4, 0.5) is 0 Å². The molecule has 1 heterocycles. The number of esters is 1. The second kappa shape index (κ2) is 7.61. The van der Waals surface area contributed by atoms with Gasteiger partial charge >= 0.3 is 5.97 Å². The number of carbonyl (C=O) groups is 1. The lowest BCUT2D eigenvalue weighted by molar-refractivity contribution is 0.0378. The molecule has 0 aliphatic rings. The molecule has 0 atom stereocenters. The van der Waals surface area contributed by atoms with Crippen LogP contribution in [0.15, 0.2) is 78.9 Å². The highest BCUT2D eigenvalue weighted by atomic mass is 16.5. The Morgan fingerprint density at radius 1 is 0.750 bits per heavy atom. The monoisotopic (exact) mass is 368 g/mol. The van der Waals surface area contributed by atoms with Crippen molar-refractivity contribution >= 4 is 17.0 Å². The van der Waals surface area contributed by atoms with E-state index in [0.29, 0.717) is 11.1 Å². The number of aromatic nitrogens is 2. The third-order valence-electron chi connectivity index (χ3n) is 4.34. The number of hydrogen-bond donors (Lipinski definition) is 0. The fourth-order valence-electron chi connectivity index (χ4n) is 3.06. The summed E-state index contributed by atoms with van der Waals surface area (Å²) in [6.45, 7) is 3.66. The zero-order valence-corrected chi connectivity index (χ0v) is 15.8. The molecule has 28 heavy (non-hydrogen) atoms. The third-order valence-corrected chi connectivity index (χ3v) is 4.34. The molecule has 0 saturated heterocycles. The standard InChI is InChI=1S/C24H20N2O2/c1-16(2)28-24(27)19-13-14-20-21(15-19)26-23(18-11-7-4-8-12-18)22(25-20)17-9-5-3-6-10-17/h3-16H,1-2H3. The molecule has 4 aromatic rings. The zero-order valence-electron chi connectivity index (χ0n) is 15.8. The SMILES string of the molecule is CC(C)OC(=O)c1ccc2nc(-c3ccccc3)c(-c3ccccc3)nc2c1. The van der Waals surface area contributed by atoms with Crippen LogP contribution in [0, 0.1) is 0 Å². The minimum absolute atomic E-state index is 0.172. The lowest BCUT2D eigenvalue weighted by Gasteiger charge is -2.12. The molecule has 0 amide bonds. The van der Waals surface area contributed by atoms with Gasteiger partial charge in [0.1, 0.15) is 0 Å². The summed E-state index contributed by atoms with van der Waals surface area (Å²) >= 11 is 0. The molecule has 0 aliphatic carbocycles. The first-order valence-corrected chi connectivity index (χ1v) is 9.25. The first-order chi connectivity index (χ1) is 13.6. The molecule has 0 unspecified atom stereocenters. The minimum Gasteiger partial charge on any atom is -0.459 e. The smallest absolute Gasteiger partial charge is 0.338 e. The van der Waals surface area contributed by atoms with Crippen molar-refractivity contribution in [3.63, 3.8) is 0 Å². The molecule has 0 saturated carbocycles. The zero-order chi connectivity index (χ0) is 19.5. The van der Waals surface area contributed by atoms with Gasteiger partial charge in [-0.2, -0.15) is 0 Å². The van der Waals surface area contributed by atoms with E-state index in [4.69, 9.17) is 14.7 Å². The van der Waals surface area contributed by atoms with Gasteiger partial charge in [0.25, 0.3) is 0 Å². The van der Waals surface area contributed by atoms with Crippen LogP contribution in [0.3, 0.4) is 0 Å². The Morgan fingerprint density at radius 2 is 1.29 bits per heavy atom. The molecule has 0 spiro atoms. The maximum atomic E-state index is 12.3. The molecular formula is C24H20N2O2. The fraction of sp³-hybridized carbons (Fsp3) is 0.125. The molecule has 4 nitrogen and oxygen atoms in total. The van der Waals surface area contributed by atoms with E-state index in [2.05, 4.69) is 0 Å². The van der Waals surface area contributed by atoms with Crippen LogP contribution in [-0.2, 0) is 4.74 Å². The Balaban J connectivity index is 1.90. The number of ether oxygens (including phenoxy) is 1. The molecule has 0 radical (unpaired) electrons. The summed E-state index contributed by atoms with van der Waals surface area (Å²) in [5.41, 5.74) is 5.45. The lowest BCUT2D eigenvalue weighted by atomic mass is 10.0. The van der Waals surface area contributed by atoms with E-state index < -0.39 is 0 Å². The molecule has 1 aromatic heterocycles. The largest absolute Gasteiger partial charge is 0.459 e. The molecule has 0 aliphatic heterocycles. The molecule has 4 rings (SSSR count). The van der Waals surface area contributed by atoms with Crippen molar-refractivity contribution in [1.82, 2.24) is 9.97 Å². The number of fused-ring (bicyclic) bond motifs is 1. The summed E-state index contributed by atoms with van der Waals surface area (Å²) in [6, 6.07) is 25.3. The van der Waals surface area contributed by atoms with E-state index in [0.717, 1.165) is 28.0 Å². The number of hydrogen-bond acceptors (Lipinski definition) is 4. The van der Waals surface area contributed by atoms with Crippen LogP contribution in [-0.4, -0.2) is 22.0 Å². The van der Waals surface area contributed by atoms with Crippen molar-refractivity contribution in [3.05, 3.63) is 84.4 Å². The van der Waals surface area contributed by atoms with E-state index in [1.54, 1.807) is 12.1 Å². The first-order valence-electron chi connectivity index (χ1n) is 9.25. The van der Waals surface area contributed by atoms with Gasteiger partial charge in [0.2, 0.25) is 0 Å². The van der Waals surface area contributed by atoms with E-state index >= 15 is 0 Å². The van der Waals surface area contributed by atoms with Crippen molar-refractivity contribution in [2.45, 2.75) is 20.0 Å². The van der Waals surface area contributed by atoms with Crippen molar-refractivity contribution in [2.24, 2.45) is 0 Å². The summed E-state index contributed by atoms with van der Waals surface area (Å²) in [6.07, 6.45) is -0.172. The number of rotatable bonds is 4. The summed E-state index contributed by atoms with van der Waals surface area (Å²) in [7, 11) is 0. The van der Waals surface area contributed by atoms with Gasteiger partial charge in [-0.15, -0.1) is 0 Å². The molecule has 0 fully saturated rings. The van der Waals surface area contributed by atoms with Crippen LogP contribution in [0.25, 0.3) is 33.5 Å². The maximum absolute atomic E-state index is 12.3. The molecular weight excluding hydrogens is 348 g/mol. The maximum Gasteiger partial charge on any atom is 0.338 e. The lowest BCUT2D eigenvalue weighted by Crippen LogP contribution is -2.11. The van der Waals surface area contributed by atoms with Gasteiger partial charge in [-0.05, 0) is 32.0 Å². The summed E-state index contributed by atoms with van der Waals surface area (Å²) < 4.78 is 5.31. The molecule has 0 bridgehead atoms. The highest BCUT2D eigenvalue weighted by Crippen LogP contribution is 2.31. The van der Waals surface area contributed by atoms with E-state index in [1.807, 2.05) is 80.6 Å². The van der Waals surface area contributed by atoms with E-state index in [1.165, 1.54) is 0 Å². The van der Waals surface area contributed by atoms with Crippen molar-refractivity contribution < 1.29 is 9.53 Å². The predicted molar refractivity (Wildman–Crippen MR) is 111 cm³/mol. The van der Waals surface area contributed by atoms with Crippen LogP contribution in [0.2, 0.25) is 0 Å². The van der Waals surface area contributed by atoms with Crippen molar-refractivity contribution in [2.75, 3.05) is 0 Å². The van der Waals surface area contributed by atoms with Crippen LogP contribution in [0.1, 0.15) is 24.2 Å².